The van der Waals surface area contributed by atoms with Crippen LogP contribution in [0.15, 0.2) is 30.3 Å². The van der Waals surface area contributed by atoms with Crippen molar-refractivity contribution in [1.82, 2.24) is 14.7 Å². The topological polar surface area (TPSA) is 9.72 Å². The van der Waals surface area contributed by atoms with Crippen molar-refractivity contribution in [2.75, 3.05) is 55.4 Å². The van der Waals surface area contributed by atoms with Crippen LogP contribution in [-0.4, -0.2) is 70.1 Å². The van der Waals surface area contributed by atoms with Crippen LogP contribution >= 0.6 is 0 Å². The van der Waals surface area contributed by atoms with Crippen LogP contribution in [0, 0.1) is 0 Å². The Hall–Kier alpha value is -0.900. The van der Waals surface area contributed by atoms with Gasteiger partial charge < -0.3 is 14.7 Å². The summed E-state index contributed by atoms with van der Waals surface area (Å²) >= 11 is 0. The molecule has 0 aromatic heterocycles. The molecule has 0 aliphatic carbocycles. The number of hydrogen-bond donors (Lipinski definition) is 0. The van der Waals surface area contributed by atoms with Crippen LogP contribution in [0.5, 0.6) is 0 Å². The van der Waals surface area contributed by atoms with E-state index >= 15 is 0 Å². The molecule has 3 heteroatoms. The van der Waals surface area contributed by atoms with Gasteiger partial charge in [-0.3, -0.25) is 0 Å². The van der Waals surface area contributed by atoms with Gasteiger partial charge in [0.05, 0.1) is 0 Å². The molecule has 3 nitrogen and oxygen atoms in total. The molecule has 1 aromatic rings. The summed E-state index contributed by atoms with van der Waals surface area (Å²) in [5.74, 6) is 0. The molecule has 0 radical (unpaired) electrons. The highest BCUT2D eigenvalue weighted by atomic mass is 15.1. The van der Waals surface area contributed by atoms with Gasteiger partial charge in [-0.05, 0) is 47.8 Å². The molecule has 0 amide bonds. The molecule has 0 aliphatic rings. The number of benzene rings is 1. The van der Waals surface area contributed by atoms with E-state index in [0.29, 0.717) is 0 Å². The molecule has 0 atom stereocenters. The average Bonchev–Trinajstić information content (AvgIpc) is 2.28. The highest BCUT2D eigenvalue weighted by molar-refractivity contribution is 5.14. The maximum absolute atomic E-state index is 2.18. The summed E-state index contributed by atoms with van der Waals surface area (Å²) < 4.78 is 0. The maximum atomic E-state index is 2.18. The van der Waals surface area contributed by atoms with Crippen molar-refractivity contribution >= 4 is 0 Å². The zero-order valence-corrected chi connectivity index (χ0v) is 12.8. The van der Waals surface area contributed by atoms with E-state index in [9.17, 15) is 0 Å². The highest BCUT2D eigenvalue weighted by Crippen LogP contribution is 1.99. The van der Waals surface area contributed by atoms with E-state index in [4.69, 9.17) is 0 Å². The Bertz CT molecular complexity index is 273. The molecule has 0 N–H and O–H groups in total. The van der Waals surface area contributed by atoms with Crippen molar-refractivity contribution in [1.29, 1.82) is 0 Å². The molecular weight excluding hydrogens is 222 g/mol. The van der Waals surface area contributed by atoms with Crippen molar-refractivity contribution in [3.8, 4) is 0 Å². The van der Waals surface area contributed by atoms with Gasteiger partial charge in [0, 0.05) is 19.6 Å². The minimum atomic E-state index is 1.03. The molecule has 0 spiro atoms. The molecule has 1 aromatic carbocycles. The molecule has 18 heavy (non-hydrogen) atoms. The van der Waals surface area contributed by atoms with Crippen LogP contribution in [0.1, 0.15) is 5.56 Å². The van der Waals surface area contributed by atoms with E-state index in [1.807, 2.05) is 6.07 Å². The minimum absolute atomic E-state index is 1.03. The molecule has 0 fully saturated rings. The summed E-state index contributed by atoms with van der Waals surface area (Å²) in [4.78, 5) is 6.52. The standard InChI is InChI=1S/C9H13N.C6H16N2/c1-10(2)8-9-6-4-3-5-7-9;1-7(2)5-6-8(3)4/h3-7H,8H2,1-2H3;5-6H2,1-4H3. The van der Waals surface area contributed by atoms with Crippen molar-refractivity contribution in [2.24, 2.45) is 0 Å². The van der Waals surface area contributed by atoms with Crippen molar-refractivity contribution in [3.05, 3.63) is 35.9 Å². The molecular formula is C15H29N3. The van der Waals surface area contributed by atoms with Crippen LogP contribution in [0.3, 0.4) is 0 Å². The largest absolute Gasteiger partial charge is 0.308 e. The summed E-state index contributed by atoms with van der Waals surface area (Å²) in [5.41, 5.74) is 1.37. The Morgan fingerprint density at radius 2 is 1.11 bits per heavy atom. The first kappa shape index (κ1) is 17.1. The molecule has 0 saturated carbocycles. The zero-order valence-electron chi connectivity index (χ0n) is 12.8. The van der Waals surface area contributed by atoms with Crippen LogP contribution in [0.4, 0.5) is 0 Å². The Labute approximate surface area is 113 Å². The lowest BCUT2D eigenvalue weighted by Crippen LogP contribution is -2.25. The SMILES string of the molecule is CN(C)CCN(C)C.CN(C)Cc1ccccc1. The van der Waals surface area contributed by atoms with E-state index < -0.39 is 0 Å². The molecule has 0 heterocycles. The fraction of sp³-hybridized carbons (Fsp3) is 0.600. The normalized spacial score (nSPS) is 10.7. The fourth-order valence-electron chi connectivity index (χ4n) is 1.35. The fourth-order valence-corrected chi connectivity index (χ4v) is 1.35. The van der Waals surface area contributed by atoms with Gasteiger partial charge in [-0.25, -0.2) is 0 Å². The lowest BCUT2D eigenvalue weighted by atomic mass is 10.2. The van der Waals surface area contributed by atoms with Crippen LogP contribution in [-0.2, 0) is 6.54 Å². The third kappa shape index (κ3) is 11.6. The number of rotatable bonds is 5. The van der Waals surface area contributed by atoms with Gasteiger partial charge >= 0.3 is 0 Å². The smallest absolute Gasteiger partial charge is 0.0227 e. The predicted octanol–water partition coefficient (Wildman–Crippen LogP) is 1.86. The molecule has 0 aliphatic heterocycles. The van der Waals surface area contributed by atoms with Gasteiger partial charge in [0.25, 0.3) is 0 Å². The molecule has 0 unspecified atom stereocenters. The Kier molecular flexibility index (Phi) is 9.56. The van der Waals surface area contributed by atoms with Crippen LogP contribution in [0.2, 0.25) is 0 Å². The second-order valence-corrected chi connectivity index (χ2v) is 5.33. The number of hydrogen-bond acceptors (Lipinski definition) is 3. The highest BCUT2D eigenvalue weighted by Gasteiger charge is 1.90. The molecule has 1 rings (SSSR count). The van der Waals surface area contributed by atoms with Crippen molar-refractivity contribution in [2.45, 2.75) is 6.54 Å². The summed E-state index contributed by atoms with van der Waals surface area (Å²) in [6.07, 6.45) is 0. The van der Waals surface area contributed by atoms with E-state index in [1.54, 1.807) is 0 Å². The van der Waals surface area contributed by atoms with E-state index in [1.165, 1.54) is 5.56 Å². The first-order valence-corrected chi connectivity index (χ1v) is 6.40. The number of likely N-dealkylation sites (N-methyl/N-ethyl adjacent to an activating group) is 2. The van der Waals surface area contributed by atoms with E-state index in [0.717, 1.165) is 19.6 Å². The lowest BCUT2D eigenvalue weighted by molar-refractivity contribution is 0.320. The predicted molar refractivity (Wildman–Crippen MR) is 80.9 cm³/mol. The van der Waals surface area contributed by atoms with Gasteiger partial charge in [-0.1, -0.05) is 30.3 Å². The summed E-state index contributed by atoms with van der Waals surface area (Å²) in [5, 5.41) is 0. The first-order valence-electron chi connectivity index (χ1n) is 6.40. The van der Waals surface area contributed by atoms with Gasteiger partial charge in [-0.2, -0.15) is 0 Å². The van der Waals surface area contributed by atoms with E-state index in [-0.39, 0.29) is 0 Å². The monoisotopic (exact) mass is 251 g/mol. The number of nitrogens with zero attached hydrogens (tertiary/aromatic N) is 3. The van der Waals surface area contributed by atoms with Gasteiger partial charge in [0.1, 0.15) is 0 Å². The average molecular weight is 251 g/mol. The third-order valence-corrected chi connectivity index (χ3v) is 2.34. The Balaban J connectivity index is 0.000000331. The molecule has 0 saturated heterocycles. The third-order valence-electron chi connectivity index (χ3n) is 2.34. The van der Waals surface area contributed by atoms with Gasteiger partial charge in [0.15, 0.2) is 0 Å². The van der Waals surface area contributed by atoms with Crippen molar-refractivity contribution < 1.29 is 0 Å². The van der Waals surface area contributed by atoms with Gasteiger partial charge in [0.2, 0.25) is 0 Å². The minimum Gasteiger partial charge on any atom is -0.308 e. The van der Waals surface area contributed by atoms with Gasteiger partial charge in [-0.15, -0.1) is 0 Å². The first-order chi connectivity index (χ1) is 8.41. The van der Waals surface area contributed by atoms with Crippen LogP contribution < -0.4 is 0 Å². The molecule has 0 bridgehead atoms. The molecule has 104 valence electrons. The van der Waals surface area contributed by atoms with Crippen LogP contribution in [0.25, 0.3) is 0 Å². The Morgan fingerprint density at radius 1 is 0.667 bits per heavy atom. The van der Waals surface area contributed by atoms with E-state index in [2.05, 4.69) is 81.3 Å². The second-order valence-electron chi connectivity index (χ2n) is 5.33. The summed E-state index contributed by atoms with van der Waals surface area (Å²) in [6, 6.07) is 10.5. The summed E-state index contributed by atoms with van der Waals surface area (Å²) in [6.45, 7) is 3.32. The summed E-state index contributed by atoms with van der Waals surface area (Å²) in [7, 11) is 12.5. The van der Waals surface area contributed by atoms with Crippen molar-refractivity contribution in [3.63, 3.8) is 0 Å². The quantitative estimate of drug-likeness (QED) is 0.791. The maximum Gasteiger partial charge on any atom is 0.0227 e. The second kappa shape index (κ2) is 10.1. The Morgan fingerprint density at radius 3 is 1.44 bits per heavy atom. The lowest BCUT2D eigenvalue weighted by Gasteiger charge is -2.13. The zero-order chi connectivity index (χ0) is 14.0.